The predicted molar refractivity (Wildman–Crippen MR) is 89.2 cm³/mol. The molecule has 0 aliphatic heterocycles. The molecule has 0 N–H and O–H groups in total. The number of hydrogen-bond acceptors (Lipinski definition) is 3. The van der Waals surface area contributed by atoms with Crippen molar-refractivity contribution in [2.45, 2.75) is 27.3 Å². The highest BCUT2D eigenvalue weighted by Crippen LogP contribution is 2.23. The summed E-state index contributed by atoms with van der Waals surface area (Å²) in [4.78, 5) is 18.0. The summed E-state index contributed by atoms with van der Waals surface area (Å²) in [6.07, 6.45) is 0. The molecule has 0 aliphatic rings. The second kappa shape index (κ2) is 5.58. The maximum atomic E-state index is 12.2. The molecule has 0 aliphatic carbocycles. The quantitative estimate of drug-likeness (QED) is 0.699. The first-order valence-electron chi connectivity index (χ1n) is 6.83. The minimum atomic E-state index is -0.159. The van der Waals surface area contributed by atoms with E-state index in [9.17, 15) is 4.79 Å². The summed E-state index contributed by atoms with van der Waals surface area (Å²) >= 11 is 3.02. The Kier molecular flexibility index (Phi) is 3.78. The van der Waals surface area contributed by atoms with Gasteiger partial charge in [-0.2, -0.15) is 4.99 Å². The number of hydrogen-bond donors (Lipinski definition) is 0. The molecular formula is C16H16N2OS2. The molecule has 2 heterocycles. The molecule has 0 atom stereocenters. The molecule has 21 heavy (non-hydrogen) atoms. The van der Waals surface area contributed by atoms with Gasteiger partial charge in [0.1, 0.15) is 0 Å². The number of nitrogens with zero attached hydrogens (tertiary/aromatic N) is 2. The Hall–Kier alpha value is -1.72. The van der Waals surface area contributed by atoms with Crippen LogP contribution < -0.4 is 4.80 Å². The molecular weight excluding hydrogens is 300 g/mol. The standard InChI is InChI=1S/C16H16N2OS2/c1-4-18-12-9-10(2)8-11(3)14(12)21-16(18)17-15(19)13-6-5-7-20-13/h5-9H,4H2,1-3H3. The molecule has 0 saturated carbocycles. The number of rotatable bonds is 2. The Morgan fingerprint density at radius 2 is 2.14 bits per heavy atom. The highest BCUT2D eigenvalue weighted by molar-refractivity contribution is 7.16. The molecule has 1 aromatic carbocycles. The molecule has 0 spiro atoms. The molecule has 1 amide bonds. The van der Waals surface area contributed by atoms with Gasteiger partial charge in [-0.3, -0.25) is 4.79 Å². The minimum Gasteiger partial charge on any atom is -0.317 e. The van der Waals surface area contributed by atoms with Crippen LogP contribution in [-0.2, 0) is 6.54 Å². The largest absolute Gasteiger partial charge is 0.317 e. The van der Waals surface area contributed by atoms with Crippen LogP contribution in [-0.4, -0.2) is 10.5 Å². The Bertz CT molecular complexity index is 870. The smallest absolute Gasteiger partial charge is 0.289 e. The van der Waals surface area contributed by atoms with Crippen molar-refractivity contribution in [1.29, 1.82) is 0 Å². The summed E-state index contributed by atoms with van der Waals surface area (Å²) < 4.78 is 3.33. The van der Waals surface area contributed by atoms with Crippen molar-refractivity contribution in [2.75, 3.05) is 0 Å². The Morgan fingerprint density at radius 3 is 2.81 bits per heavy atom. The van der Waals surface area contributed by atoms with Crippen LogP contribution in [0.1, 0.15) is 27.7 Å². The van der Waals surface area contributed by atoms with Gasteiger partial charge in [0, 0.05) is 6.54 Å². The van der Waals surface area contributed by atoms with Crippen LogP contribution in [0.4, 0.5) is 0 Å². The number of aryl methyl sites for hydroxylation is 3. The van der Waals surface area contributed by atoms with Crippen LogP contribution in [0.5, 0.6) is 0 Å². The van der Waals surface area contributed by atoms with E-state index in [0.717, 1.165) is 16.9 Å². The number of carbonyl (C=O) groups excluding carboxylic acids is 1. The van der Waals surface area contributed by atoms with E-state index in [2.05, 4.69) is 42.5 Å². The first-order chi connectivity index (χ1) is 10.1. The van der Waals surface area contributed by atoms with Crippen molar-refractivity contribution in [3.8, 4) is 0 Å². The maximum Gasteiger partial charge on any atom is 0.289 e. The van der Waals surface area contributed by atoms with Crippen LogP contribution in [0.25, 0.3) is 10.2 Å². The fraction of sp³-hybridized carbons (Fsp3) is 0.250. The van der Waals surface area contributed by atoms with Gasteiger partial charge in [0.2, 0.25) is 0 Å². The van der Waals surface area contributed by atoms with Gasteiger partial charge in [-0.05, 0) is 49.4 Å². The molecule has 3 aromatic rings. The summed E-state index contributed by atoms with van der Waals surface area (Å²) in [7, 11) is 0. The molecule has 5 heteroatoms. The lowest BCUT2D eigenvalue weighted by Gasteiger charge is -2.02. The third kappa shape index (κ3) is 2.59. The van der Waals surface area contributed by atoms with Gasteiger partial charge in [-0.25, -0.2) is 0 Å². The average Bonchev–Trinajstić information content (AvgIpc) is 3.06. The van der Waals surface area contributed by atoms with Crippen molar-refractivity contribution in [3.63, 3.8) is 0 Å². The van der Waals surface area contributed by atoms with Gasteiger partial charge in [-0.1, -0.05) is 23.5 Å². The first-order valence-corrected chi connectivity index (χ1v) is 8.53. The number of amides is 1. The molecule has 0 radical (unpaired) electrons. The number of fused-ring (bicyclic) bond motifs is 1. The van der Waals surface area contributed by atoms with E-state index in [1.54, 1.807) is 11.3 Å². The summed E-state index contributed by atoms with van der Waals surface area (Å²) in [5.41, 5.74) is 3.64. The zero-order chi connectivity index (χ0) is 15.0. The zero-order valence-electron chi connectivity index (χ0n) is 12.2. The van der Waals surface area contributed by atoms with Gasteiger partial charge < -0.3 is 4.57 Å². The number of benzene rings is 1. The lowest BCUT2D eigenvalue weighted by molar-refractivity contribution is 0.100. The van der Waals surface area contributed by atoms with E-state index >= 15 is 0 Å². The van der Waals surface area contributed by atoms with Crippen LogP contribution in [0.2, 0.25) is 0 Å². The van der Waals surface area contributed by atoms with Crippen molar-refractivity contribution in [1.82, 2.24) is 4.57 Å². The maximum absolute atomic E-state index is 12.2. The second-order valence-corrected chi connectivity index (χ2v) is 6.88. The number of aromatic nitrogens is 1. The van der Waals surface area contributed by atoms with Crippen LogP contribution in [0, 0.1) is 13.8 Å². The molecule has 2 aromatic heterocycles. The molecule has 3 rings (SSSR count). The SMILES string of the molecule is CCn1c(=NC(=O)c2cccs2)sc2c(C)cc(C)cc21. The van der Waals surface area contributed by atoms with Crippen molar-refractivity contribution in [3.05, 3.63) is 50.5 Å². The van der Waals surface area contributed by atoms with Gasteiger partial charge in [0.05, 0.1) is 15.1 Å². The van der Waals surface area contributed by atoms with Crippen molar-refractivity contribution < 1.29 is 4.79 Å². The highest BCUT2D eigenvalue weighted by Gasteiger charge is 2.10. The van der Waals surface area contributed by atoms with Crippen LogP contribution in [0.3, 0.4) is 0 Å². The van der Waals surface area contributed by atoms with Gasteiger partial charge in [-0.15, -0.1) is 11.3 Å². The van der Waals surface area contributed by atoms with Gasteiger partial charge in [0.15, 0.2) is 4.80 Å². The normalized spacial score (nSPS) is 12.2. The molecule has 3 nitrogen and oxygen atoms in total. The van der Waals surface area contributed by atoms with E-state index < -0.39 is 0 Å². The van der Waals surface area contributed by atoms with Gasteiger partial charge >= 0.3 is 0 Å². The summed E-state index contributed by atoms with van der Waals surface area (Å²) in [6, 6.07) is 8.02. The predicted octanol–water partition coefficient (Wildman–Crippen LogP) is 4.14. The fourth-order valence-corrected chi connectivity index (χ4v) is 4.20. The Balaban J connectivity index is 2.23. The minimum absolute atomic E-state index is 0.159. The summed E-state index contributed by atoms with van der Waals surface area (Å²) in [5, 5.41) is 1.90. The molecule has 0 saturated heterocycles. The molecule has 108 valence electrons. The van der Waals surface area contributed by atoms with Crippen molar-refractivity contribution in [2.24, 2.45) is 4.99 Å². The van der Waals surface area contributed by atoms with E-state index in [1.165, 1.54) is 27.2 Å². The topological polar surface area (TPSA) is 34.4 Å². The van der Waals surface area contributed by atoms with E-state index in [0.29, 0.717) is 4.88 Å². The summed E-state index contributed by atoms with van der Waals surface area (Å²) in [5.74, 6) is -0.159. The number of carbonyl (C=O) groups is 1. The lowest BCUT2D eigenvalue weighted by atomic mass is 10.1. The third-order valence-corrected chi connectivity index (χ3v) is 5.45. The van der Waals surface area contributed by atoms with Crippen molar-refractivity contribution >= 4 is 38.8 Å². The lowest BCUT2D eigenvalue weighted by Crippen LogP contribution is -2.15. The fourth-order valence-electron chi connectivity index (χ4n) is 2.45. The number of thiophene rings is 1. The molecule has 0 fully saturated rings. The van der Waals surface area contributed by atoms with E-state index in [-0.39, 0.29) is 5.91 Å². The Labute approximate surface area is 131 Å². The number of thiazole rings is 1. The average molecular weight is 316 g/mol. The van der Waals surface area contributed by atoms with E-state index in [1.807, 2.05) is 17.5 Å². The van der Waals surface area contributed by atoms with Crippen LogP contribution >= 0.6 is 22.7 Å². The summed E-state index contributed by atoms with van der Waals surface area (Å²) in [6.45, 7) is 7.09. The Morgan fingerprint density at radius 1 is 1.33 bits per heavy atom. The van der Waals surface area contributed by atoms with Crippen LogP contribution in [0.15, 0.2) is 34.6 Å². The van der Waals surface area contributed by atoms with Gasteiger partial charge in [0.25, 0.3) is 5.91 Å². The third-order valence-electron chi connectivity index (χ3n) is 3.36. The molecule has 0 bridgehead atoms. The molecule has 0 unspecified atom stereocenters. The second-order valence-electron chi connectivity index (χ2n) is 4.95. The monoisotopic (exact) mass is 316 g/mol. The zero-order valence-corrected chi connectivity index (χ0v) is 13.8. The first kappa shape index (κ1) is 14.2. The van der Waals surface area contributed by atoms with E-state index in [4.69, 9.17) is 0 Å². The highest BCUT2D eigenvalue weighted by atomic mass is 32.1.